The van der Waals surface area contributed by atoms with Crippen molar-refractivity contribution < 1.29 is 4.74 Å². The number of benzene rings is 2. The lowest BCUT2D eigenvalue weighted by Gasteiger charge is -2.06. The first-order valence-electron chi connectivity index (χ1n) is 9.21. The minimum Gasteiger partial charge on any atom is -0.494 e. The van der Waals surface area contributed by atoms with E-state index in [1.807, 2.05) is 12.1 Å². The van der Waals surface area contributed by atoms with Gasteiger partial charge in [0.25, 0.3) is 0 Å². The van der Waals surface area contributed by atoms with Crippen LogP contribution in [-0.4, -0.2) is 11.6 Å². The molecule has 0 spiro atoms. The fourth-order valence-corrected chi connectivity index (χ4v) is 3.94. The van der Waals surface area contributed by atoms with Gasteiger partial charge in [0.05, 0.1) is 12.3 Å². The van der Waals surface area contributed by atoms with Crippen LogP contribution in [0.3, 0.4) is 0 Å². The van der Waals surface area contributed by atoms with E-state index >= 15 is 0 Å². The molecule has 0 saturated heterocycles. The van der Waals surface area contributed by atoms with E-state index in [2.05, 4.69) is 71.3 Å². The van der Waals surface area contributed by atoms with Gasteiger partial charge in [-0.05, 0) is 65.4 Å². The van der Waals surface area contributed by atoms with E-state index in [-0.39, 0.29) is 0 Å². The molecule has 0 atom stereocenters. The fourth-order valence-electron chi connectivity index (χ4n) is 2.75. The summed E-state index contributed by atoms with van der Waals surface area (Å²) >= 11 is 4.01. The van der Waals surface area contributed by atoms with Crippen LogP contribution in [0.25, 0.3) is 21.8 Å². The molecule has 0 amide bonds. The Balaban J connectivity index is 1.56. The summed E-state index contributed by atoms with van der Waals surface area (Å²) < 4.78 is 7.08. The lowest BCUT2D eigenvalue weighted by Crippen LogP contribution is -1.97. The molecular formula is C22H24INOS. The average molecular weight is 477 g/mol. The molecule has 0 bridgehead atoms. The van der Waals surface area contributed by atoms with Crippen LogP contribution in [0.5, 0.6) is 5.75 Å². The highest BCUT2D eigenvalue weighted by Gasteiger charge is 2.07. The van der Waals surface area contributed by atoms with Crippen molar-refractivity contribution in [3.05, 3.63) is 57.5 Å². The van der Waals surface area contributed by atoms with E-state index in [0.29, 0.717) is 0 Å². The molecule has 3 rings (SSSR count). The summed E-state index contributed by atoms with van der Waals surface area (Å²) in [6, 6.07) is 16.8. The summed E-state index contributed by atoms with van der Waals surface area (Å²) in [5.41, 5.74) is 3.33. The van der Waals surface area contributed by atoms with Crippen LogP contribution < -0.4 is 4.74 Å². The summed E-state index contributed by atoms with van der Waals surface area (Å²) in [5, 5.41) is 3.18. The standard InChI is InChI=1S/C22H24INOS/c1-2-3-4-5-6-15-25-20-13-9-17(10-14-20)21-16-26-22(24-21)18-7-11-19(23)12-8-18/h7-14,16H,2-6,15H2,1H3. The van der Waals surface area contributed by atoms with E-state index < -0.39 is 0 Å². The van der Waals surface area contributed by atoms with Crippen molar-refractivity contribution in [3.63, 3.8) is 0 Å². The Morgan fingerprint density at radius 1 is 0.885 bits per heavy atom. The Hall–Kier alpha value is -1.40. The van der Waals surface area contributed by atoms with Crippen molar-refractivity contribution in [1.82, 2.24) is 4.98 Å². The van der Waals surface area contributed by atoms with Crippen LogP contribution in [0, 0.1) is 3.57 Å². The Morgan fingerprint density at radius 3 is 2.31 bits per heavy atom. The van der Waals surface area contributed by atoms with Crippen molar-refractivity contribution in [2.75, 3.05) is 6.61 Å². The van der Waals surface area contributed by atoms with Gasteiger partial charge in [0, 0.05) is 20.1 Å². The Bertz CT molecular complexity index is 796. The SMILES string of the molecule is CCCCCCCOc1ccc(-c2csc(-c3ccc(I)cc3)n2)cc1. The number of hydrogen-bond acceptors (Lipinski definition) is 3. The van der Waals surface area contributed by atoms with Crippen LogP contribution in [0.1, 0.15) is 39.0 Å². The van der Waals surface area contributed by atoms with Gasteiger partial charge < -0.3 is 4.74 Å². The minimum atomic E-state index is 0.802. The fraction of sp³-hybridized carbons (Fsp3) is 0.318. The summed E-state index contributed by atoms with van der Waals surface area (Å²) in [6.45, 7) is 3.04. The molecule has 2 nitrogen and oxygen atoms in total. The van der Waals surface area contributed by atoms with Gasteiger partial charge in [-0.25, -0.2) is 4.98 Å². The molecule has 1 heterocycles. The molecule has 0 aliphatic rings. The highest BCUT2D eigenvalue weighted by atomic mass is 127. The van der Waals surface area contributed by atoms with Crippen LogP contribution in [-0.2, 0) is 0 Å². The molecular weight excluding hydrogens is 453 g/mol. The number of halogens is 1. The Morgan fingerprint density at radius 2 is 1.58 bits per heavy atom. The van der Waals surface area contributed by atoms with E-state index in [1.54, 1.807) is 11.3 Å². The molecule has 0 radical (unpaired) electrons. The molecule has 0 aliphatic carbocycles. The third-order valence-corrected chi connectivity index (χ3v) is 5.87. The quantitative estimate of drug-likeness (QED) is 0.236. The maximum absolute atomic E-state index is 5.84. The minimum absolute atomic E-state index is 0.802. The van der Waals surface area contributed by atoms with Crippen molar-refractivity contribution in [1.29, 1.82) is 0 Å². The predicted molar refractivity (Wildman–Crippen MR) is 120 cm³/mol. The Kier molecular flexibility index (Phi) is 7.50. The molecule has 136 valence electrons. The van der Waals surface area contributed by atoms with Gasteiger partial charge in [-0.1, -0.05) is 44.7 Å². The zero-order valence-corrected chi connectivity index (χ0v) is 18.1. The second-order valence-electron chi connectivity index (χ2n) is 6.33. The van der Waals surface area contributed by atoms with Gasteiger partial charge >= 0.3 is 0 Å². The maximum Gasteiger partial charge on any atom is 0.124 e. The van der Waals surface area contributed by atoms with Gasteiger partial charge in [0.15, 0.2) is 0 Å². The topological polar surface area (TPSA) is 22.1 Å². The number of rotatable bonds is 9. The number of aromatic nitrogens is 1. The summed E-state index contributed by atoms with van der Waals surface area (Å²) in [6.07, 6.45) is 6.31. The van der Waals surface area contributed by atoms with Gasteiger partial charge in [-0.2, -0.15) is 0 Å². The van der Waals surface area contributed by atoms with Gasteiger partial charge in [-0.3, -0.25) is 0 Å². The van der Waals surface area contributed by atoms with Gasteiger partial charge in [-0.15, -0.1) is 11.3 Å². The van der Waals surface area contributed by atoms with Crippen molar-refractivity contribution in [2.45, 2.75) is 39.0 Å². The Labute approximate surface area is 173 Å². The van der Waals surface area contributed by atoms with Crippen LogP contribution in [0.2, 0.25) is 0 Å². The summed E-state index contributed by atoms with van der Waals surface area (Å²) in [5.74, 6) is 0.942. The molecule has 0 N–H and O–H groups in total. The number of ether oxygens (including phenoxy) is 1. The first-order chi connectivity index (χ1) is 12.8. The third-order valence-electron chi connectivity index (χ3n) is 4.26. The lowest BCUT2D eigenvalue weighted by molar-refractivity contribution is 0.304. The highest BCUT2D eigenvalue weighted by molar-refractivity contribution is 14.1. The smallest absolute Gasteiger partial charge is 0.124 e. The van der Waals surface area contributed by atoms with Gasteiger partial charge in [0.2, 0.25) is 0 Å². The molecule has 0 unspecified atom stereocenters. The number of unbranched alkanes of at least 4 members (excludes halogenated alkanes) is 4. The molecule has 3 aromatic rings. The van der Waals surface area contributed by atoms with E-state index in [0.717, 1.165) is 35.0 Å². The lowest BCUT2D eigenvalue weighted by atomic mass is 10.1. The average Bonchev–Trinajstić information content (AvgIpc) is 3.16. The molecule has 0 fully saturated rings. The zero-order valence-electron chi connectivity index (χ0n) is 15.1. The van der Waals surface area contributed by atoms with Crippen LogP contribution >= 0.6 is 33.9 Å². The highest BCUT2D eigenvalue weighted by Crippen LogP contribution is 2.30. The molecule has 1 aromatic heterocycles. The molecule has 0 saturated carbocycles. The van der Waals surface area contributed by atoms with Crippen LogP contribution in [0.4, 0.5) is 0 Å². The largest absolute Gasteiger partial charge is 0.494 e. The zero-order chi connectivity index (χ0) is 18.2. The van der Waals surface area contributed by atoms with Crippen molar-refractivity contribution in [3.8, 4) is 27.6 Å². The maximum atomic E-state index is 5.84. The van der Waals surface area contributed by atoms with Crippen molar-refractivity contribution >= 4 is 33.9 Å². The van der Waals surface area contributed by atoms with E-state index in [1.165, 1.54) is 34.8 Å². The second-order valence-corrected chi connectivity index (χ2v) is 8.44. The first-order valence-corrected chi connectivity index (χ1v) is 11.2. The summed E-state index contributed by atoms with van der Waals surface area (Å²) in [4.78, 5) is 4.79. The van der Waals surface area contributed by atoms with Crippen molar-refractivity contribution in [2.24, 2.45) is 0 Å². The summed E-state index contributed by atoms with van der Waals surface area (Å²) in [7, 11) is 0. The molecule has 2 aromatic carbocycles. The molecule has 0 aliphatic heterocycles. The molecule has 4 heteroatoms. The second kappa shape index (κ2) is 10.1. The number of thiazole rings is 1. The monoisotopic (exact) mass is 477 g/mol. The molecule has 26 heavy (non-hydrogen) atoms. The normalized spacial score (nSPS) is 10.8. The third kappa shape index (κ3) is 5.55. The number of nitrogens with zero attached hydrogens (tertiary/aromatic N) is 1. The van der Waals surface area contributed by atoms with E-state index in [4.69, 9.17) is 9.72 Å². The van der Waals surface area contributed by atoms with Crippen LogP contribution in [0.15, 0.2) is 53.9 Å². The number of hydrogen-bond donors (Lipinski definition) is 0. The van der Waals surface area contributed by atoms with E-state index in [9.17, 15) is 0 Å². The first kappa shape index (κ1) is 19.4. The van der Waals surface area contributed by atoms with Gasteiger partial charge in [0.1, 0.15) is 10.8 Å². The predicted octanol–water partition coefficient (Wildman–Crippen LogP) is 7.43.